The van der Waals surface area contributed by atoms with E-state index < -0.39 is 11.6 Å². The van der Waals surface area contributed by atoms with Crippen LogP contribution < -0.4 is 15.4 Å². The van der Waals surface area contributed by atoms with Crippen LogP contribution in [0.3, 0.4) is 0 Å². The van der Waals surface area contributed by atoms with Crippen molar-refractivity contribution in [2.75, 3.05) is 13.1 Å². The highest BCUT2D eigenvalue weighted by Gasteiger charge is 2.28. The molecule has 0 radical (unpaired) electrons. The molecular weight excluding hydrogens is 362 g/mol. The van der Waals surface area contributed by atoms with Crippen molar-refractivity contribution in [1.82, 2.24) is 10.6 Å². The monoisotopic (exact) mass is 388 g/mol. The number of para-hydroxylation sites is 1. The van der Waals surface area contributed by atoms with Crippen molar-refractivity contribution in [3.8, 4) is 5.75 Å². The second-order valence-corrected chi connectivity index (χ2v) is 7.40. The van der Waals surface area contributed by atoms with E-state index in [2.05, 4.69) is 10.6 Å². The average molecular weight is 388 g/mol. The van der Waals surface area contributed by atoms with Crippen LogP contribution in [0.1, 0.15) is 37.3 Å². The summed E-state index contributed by atoms with van der Waals surface area (Å²) in [6.45, 7) is 5.23. The maximum Gasteiger partial charge on any atom is 0.224 e. The lowest BCUT2D eigenvalue weighted by molar-refractivity contribution is -0.121. The van der Waals surface area contributed by atoms with Gasteiger partial charge in [-0.25, -0.2) is 8.78 Å². The van der Waals surface area contributed by atoms with Gasteiger partial charge in [0.1, 0.15) is 5.75 Å². The molecule has 1 heterocycles. The standard InChI is InChI=1S/C22H26F2N2O2/c1-14(2)28-21-6-4-3-5-16(21)12-22(27)26-20-13-25-10-9-17(20)15-7-8-18(23)19(24)11-15/h3-8,11,14,17,20,25H,9-10,12-13H2,1-2H3,(H,26,27). The zero-order chi connectivity index (χ0) is 20.1. The molecule has 1 saturated heterocycles. The summed E-state index contributed by atoms with van der Waals surface area (Å²) in [5, 5.41) is 6.32. The zero-order valence-electron chi connectivity index (χ0n) is 16.2. The molecule has 2 atom stereocenters. The number of nitrogens with one attached hydrogen (secondary N) is 2. The summed E-state index contributed by atoms with van der Waals surface area (Å²) in [5.41, 5.74) is 1.52. The molecule has 4 nitrogen and oxygen atoms in total. The van der Waals surface area contributed by atoms with Crippen LogP contribution >= 0.6 is 0 Å². The Hall–Kier alpha value is -2.47. The molecule has 0 aliphatic carbocycles. The third kappa shape index (κ3) is 5.07. The fourth-order valence-electron chi connectivity index (χ4n) is 3.60. The number of amides is 1. The molecule has 2 aromatic rings. The summed E-state index contributed by atoms with van der Waals surface area (Å²) in [6.07, 6.45) is 0.956. The molecule has 3 rings (SSSR count). The Morgan fingerprint density at radius 3 is 2.75 bits per heavy atom. The van der Waals surface area contributed by atoms with Gasteiger partial charge in [0, 0.05) is 24.1 Å². The number of halogens is 2. The first-order chi connectivity index (χ1) is 13.4. The first-order valence-electron chi connectivity index (χ1n) is 9.63. The molecule has 1 aliphatic heterocycles. The molecule has 0 bridgehead atoms. The van der Waals surface area contributed by atoms with Gasteiger partial charge in [-0.1, -0.05) is 24.3 Å². The maximum atomic E-state index is 13.7. The van der Waals surface area contributed by atoms with Gasteiger partial charge in [0.2, 0.25) is 5.91 Å². The number of hydrogen-bond donors (Lipinski definition) is 2. The van der Waals surface area contributed by atoms with E-state index in [0.717, 1.165) is 24.6 Å². The topological polar surface area (TPSA) is 50.4 Å². The van der Waals surface area contributed by atoms with Crippen molar-refractivity contribution in [2.45, 2.75) is 44.8 Å². The number of carbonyl (C=O) groups is 1. The van der Waals surface area contributed by atoms with Crippen LogP contribution in [0.2, 0.25) is 0 Å². The van der Waals surface area contributed by atoms with Crippen LogP contribution in [0.5, 0.6) is 5.75 Å². The Morgan fingerprint density at radius 1 is 1.21 bits per heavy atom. The predicted octanol–water partition coefficient (Wildman–Crippen LogP) is 3.56. The number of carbonyl (C=O) groups excluding carboxylic acids is 1. The van der Waals surface area contributed by atoms with Gasteiger partial charge in [-0.15, -0.1) is 0 Å². The first-order valence-corrected chi connectivity index (χ1v) is 9.63. The van der Waals surface area contributed by atoms with Crippen molar-refractivity contribution in [1.29, 1.82) is 0 Å². The van der Waals surface area contributed by atoms with Crippen molar-refractivity contribution in [3.63, 3.8) is 0 Å². The van der Waals surface area contributed by atoms with Crippen LogP contribution in [0, 0.1) is 11.6 Å². The molecule has 0 saturated carbocycles. The van der Waals surface area contributed by atoms with E-state index in [1.807, 2.05) is 38.1 Å². The highest BCUT2D eigenvalue weighted by atomic mass is 19.2. The van der Waals surface area contributed by atoms with Crippen LogP contribution in [0.4, 0.5) is 8.78 Å². The molecule has 28 heavy (non-hydrogen) atoms. The summed E-state index contributed by atoms with van der Waals surface area (Å²) in [5.74, 6) is -1.21. The molecule has 0 aromatic heterocycles. The van der Waals surface area contributed by atoms with E-state index in [-0.39, 0.29) is 30.4 Å². The van der Waals surface area contributed by atoms with Crippen molar-refractivity contribution < 1.29 is 18.3 Å². The highest BCUT2D eigenvalue weighted by molar-refractivity contribution is 5.79. The van der Waals surface area contributed by atoms with Gasteiger partial charge in [0.15, 0.2) is 11.6 Å². The molecule has 6 heteroatoms. The summed E-state index contributed by atoms with van der Waals surface area (Å²) in [7, 11) is 0. The minimum Gasteiger partial charge on any atom is -0.491 e. The van der Waals surface area contributed by atoms with Crippen LogP contribution in [0.15, 0.2) is 42.5 Å². The van der Waals surface area contributed by atoms with E-state index in [9.17, 15) is 13.6 Å². The lowest BCUT2D eigenvalue weighted by Crippen LogP contribution is -2.50. The molecule has 150 valence electrons. The normalized spacial score (nSPS) is 19.5. The van der Waals surface area contributed by atoms with Gasteiger partial charge >= 0.3 is 0 Å². The Balaban J connectivity index is 1.70. The van der Waals surface area contributed by atoms with Crippen LogP contribution in [0.25, 0.3) is 0 Å². The van der Waals surface area contributed by atoms with E-state index in [1.165, 1.54) is 6.07 Å². The second-order valence-electron chi connectivity index (χ2n) is 7.40. The Kier molecular flexibility index (Phi) is 6.62. The van der Waals surface area contributed by atoms with Gasteiger partial charge in [0.05, 0.1) is 12.5 Å². The quantitative estimate of drug-likeness (QED) is 0.796. The Morgan fingerprint density at radius 2 is 2.00 bits per heavy atom. The lowest BCUT2D eigenvalue weighted by Gasteiger charge is -2.33. The van der Waals surface area contributed by atoms with Gasteiger partial charge in [-0.2, -0.15) is 0 Å². The fraction of sp³-hybridized carbons (Fsp3) is 0.409. The third-order valence-corrected chi connectivity index (χ3v) is 4.89. The van der Waals surface area contributed by atoms with Gasteiger partial charge in [0.25, 0.3) is 0 Å². The first kappa shape index (κ1) is 20.3. The molecule has 1 aliphatic rings. The molecule has 0 spiro atoms. The number of rotatable bonds is 6. The summed E-state index contributed by atoms with van der Waals surface area (Å²) < 4.78 is 32.7. The number of benzene rings is 2. The van der Waals surface area contributed by atoms with Crippen molar-refractivity contribution in [3.05, 3.63) is 65.2 Å². The van der Waals surface area contributed by atoms with E-state index in [1.54, 1.807) is 6.07 Å². The Labute approximate surface area is 164 Å². The number of piperidine rings is 1. The summed E-state index contributed by atoms with van der Waals surface area (Å²) in [6, 6.07) is 11.3. The number of ether oxygens (including phenoxy) is 1. The van der Waals surface area contributed by atoms with E-state index in [0.29, 0.717) is 17.9 Å². The van der Waals surface area contributed by atoms with Crippen LogP contribution in [-0.4, -0.2) is 31.1 Å². The van der Waals surface area contributed by atoms with Crippen molar-refractivity contribution >= 4 is 5.91 Å². The minimum absolute atomic E-state index is 0.0181. The average Bonchev–Trinajstić information content (AvgIpc) is 2.66. The molecule has 2 unspecified atom stereocenters. The number of hydrogen-bond acceptors (Lipinski definition) is 3. The minimum atomic E-state index is -0.861. The van der Waals surface area contributed by atoms with Crippen molar-refractivity contribution in [2.24, 2.45) is 0 Å². The molecular formula is C22H26F2N2O2. The lowest BCUT2D eigenvalue weighted by atomic mass is 9.86. The fourth-order valence-corrected chi connectivity index (χ4v) is 3.60. The predicted molar refractivity (Wildman–Crippen MR) is 104 cm³/mol. The van der Waals surface area contributed by atoms with Gasteiger partial charge in [-0.3, -0.25) is 4.79 Å². The molecule has 1 amide bonds. The van der Waals surface area contributed by atoms with Gasteiger partial charge < -0.3 is 15.4 Å². The zero-order valence-corrected chi connectivity index (χ0v) is 16.2. The van der Waals surface area contributed by atoms with E-state index in [4.69, 9.17) is 4.74 Å². The smallest absolute Gasteiger partial charge is 0.224 e. The third-order valence-electron chi connectivity index (χ3n) is 4.89. The molecule has 2 aromatic carbocycles. The largest absolute Gasteiger partial charge is 0.491 e. The highest BCUT2D eigenvalue weighted by Crippen LogP contribution is 2.27. The summed E-state index contributed by atoms with van der Waals surface area (Å²) in [4.78, 5) is 12.7. The van der Waals surface area contributed by atoms with E-state index >= 15 is 0 Å². The maximum absolute atomic E-state index is 13.7. The van der Waals surface area contributed by atoms with Gasteiger partial charge in [-0.05, 0) is 50.6 Å². The second kappa shape index (κ2) is 9.15. The molecule has 1 fully saturated rings. The molecule has 2 N–H and O–H groups in total. The Bertz CT molecular complexity index is 826. The SMILES string of the molecule is CC(C)Oc1ccccc1CC(=O)NC1CNCCC1c1ccc(F)c(F)c1. The van der Waals surface area contributed by atoms with Crippen LogP contribution in [-0.2, 0) is 11.2 Å². The summed E-state index contributed by atoms with van der Waals surface area (Å²) >= 11 is 0.